The molecule has 0 N–H and O–H groups in total. The summed E-state index contributed by atoms with van der Waals surface area (Å²) >= 11 is 0. The second-order valence-corrected chi connectivity index (χ2v) is 2.90. The normalized spacial score (nSPS) is 15.2. The van der Waals surface area contributed by atoms with Gasteiger partial charge in [0.25, 0.3) is 6.47 Å². The van der Waals surface area contributed by atoms with E-state index in [2.05, 4.69) is 6.92 Å². The zero-order chi connectivity index (χ0) is 9.45. The molecule has 0 rings (SSSR count). The van der Waals surface area contributed by atoms with Gasteiger partial charge in [-0.3, -0.25) is 4.79 Å². The van der Waals surface area contributed by atoms with E-state index in [0.717, 1.165) is 12.8 Å². The Morgan fingerprint density at radius 2 is 2.08 bits per heavy atom. The van der Waals surface area contributed by atoms with Crippen LogP contribution in [0.2, 0.25) is 0 Å². The van der Waals surface area contributed by atoms with Crippen molar-refractivity contribution in [3.63, 3.8) is 0 Å². The summed E-state index contributed by atoms with van der Waals surface area (Å²) in [4.78, 5) is 10.1. The van der Waals surface area contributed by atoms with Gasteiger partial charge in [0.05, 0.1) is 6.61 Å². The van der Waals surface area contributed by atoms with Gasteiger partial charge in [0.1, 0.15) is 0 Å². The molecule has 0 bridgehead atoms. The highest BCUT2D eigenvalue weighted by Crippen LogP contribution is 2.16. The van der Waals surface area contributed by atoms with Crippen molar-refractivity contribution in [2.24, 2.45) is 0 Å². The predicted molar refractivity (Wildman–Crippen MR) is 46.7 cm³/mol. The minimum Gasteiger partial charge on any atom is -0.436 e. The van der Waals surface area contributed by atoms with Crippen LogP contribution in [0.3, 0.4) is 0 Å². The average Bonchev–Trinajstić information content (AvgIpc) is 2.06. The highest BCUT2D eigenvalue weighted by atomic mass is 16.7. The van der Waals surface area contributed by atoms with Gasteiger partial charge < -0.3 is 9.47 Å². The van der Waals surface area contributed by atoms with Crippen molar-refractivity contribution in [2.45, 2.75) is 45.8 Å². The lowest BCUT2D eigenvalue weighted by Gasteiger charge is -2.26. The van der Waals surface area contributed by atoms with E-state index >= 15 is 0 Å². The summed E-state index contributed by atoms with van der Waals surface area (Å²) in [6.07, 6.45) is 2.76. The lowest BCUT2D eigenvalue weighted by molar-refractivity contribution is -0.213. The van der Waals surface area contributed by atoms with Gasteiger partial charge in [-0.05, 0) is 6.42 Å². The number of hydrogen-bond acceptors (Lipinski definition) is 3. The summed E-state index contributed by atoms with van der Waals surface area (Å²) in [6.45, 7) is 6.88. The van der Waals surface area contributed by atoms with Gasteiger partial charge in [0, 0.05) is 13.3 Å². The van der Waals surface area contributed by atoms with Crippen LogP contribution in [-0.4, -0.2) is 18.9 Å². The minimum atomic E-state index is -0.725. The Balaban J connectivity index is 3.70. The van der Waals surface area contributed by atoms with Crippen LogP contribution in [0.5, 0.6) is 0 Å². The van der Waals surface area contributed by atoms with Crippen LogP contribution in [0.1, 0.15) is 40.0 Å². The Kier molecular flexibility index (Phi) is 5.72. The maximum Gasteiger partial charge on any atom is 0.295 e. The summed E-state index contributed by atoms with van der Waals surface area (Å²) in [5, 5.41) is 0. The monoisotopic (exact) mass is 174 g/mol. The molecule has 12 heavy (non-hydrogen) atoms. The molecule has 0 aliphatic heterocycles. The first kappa shape index (κ1) is 11.4. The van der Waals surface area contributed by atoms with Gasteiger partial charge in [-0.25, -0.2) is 0 Å². The molecule has 72 valence electrons. The van der Waals surface area contributed by atoms with Crippen LogP contribution in [0.15, 0.2) is 0 Å². The van der Waals surface area contributed by atoms with Crippen LogP contribution < -0.4 is 0 Å². The summed E-state index contributed by atoms with van der Waals surface area (Å²) in [6, 6.07) is 0. The lowest BCUT2D eigenvalue weighted by atomic mass is 10.2. The standard InChI is InChI=1S/C9H18O3/c1-4-6-7-11-9(3,5-2)12-8-10/h8H,4-7H2,1-3H3. The maximum absolute atomic E-state index is 10.1. The van der Waals surface area contributed by atoms with Crippen LogP contribution >= 0.6 is 0 Å². The third-order valence-corrected chi connectivity index (χ3v) is 1.84. The molecule has 0 aromatic rings. The van der Waals surface area contributed by atoms with Crippen LogP contribution in [0, 0.1) is 0 Å². The summed E-state index contributed by atoms with van der Waals surface area (Å²) in [5.74, 6) is -0.725. The summed E-state index contributed by atoms with van der Waals surface area (Å²) in [5.41, 5.74) is 0. The van der Waals surface area contributed by atoms with Crippen molar-refractivity contribution < 1.29 is 14.3 Å². The first-order valence-electron chi connectivity index (χ1n) is 4.44. The highest BCUT2D eigenvalue weighted by Gasteiger charge is 2.23. The molecule has 3 heteroatoms. The molecule has 3 nitrogen and oxygen atoms in total. The van der Waals surface area contributed by atoms with Gasteiger partial charge in [-0.1, -0.05) is 20.3 Å². The maximum atomic E-state index is 10.1. The molecule has 0 heterocycles. The average molecular weight is 174 g/mol. The van der Waals surface area contributed by atoms with E-state index in [-0.39, 0.29) is 0 Å². The Morgan fingerprint density at radius 1 is 1.42 bits per heavy atom. The van der Waals surface area contributed by atoms with E-state index in [1.807, 2.05) is 6.92 Å². The third-order valence-electron chi connectivity index (χ3n) is 1.84. The predicted octanol–water partition coefficient (Wildman–Crippen LogP) is 2.10. The molecule has 1 unspecified atom stereocenters. The second kappa shape index (κ2) is 6.00. The Morgan fingerprint density at radius 3 is 2.50 bits per heavy atom. The fourth-order valence-corrected chi connectivity index (χ4v) is 0.754. The second-order valence-electron chi connectivity index (χ2n) is 2.90. The number of rotatable bonds is 7. The number of carbonyl (C=O) groups is 1. The largest absolute Gasteiger partial charge is 0.436 e. The van der Waals surface area contributed by atoms with Crippen LogP contribution in [0.25, 0.3) is 0 Å². The van der Waals surface area contributed by atoms with Crippen LogP contribution in [0.4, 0.5) is 0 Å². The molecule has 0 spiro atoms. The van der Waals surface area contributed by atoms with Crippen molar-refractivity contribution in [1.29, 1.82) is 0 Å². The van der Waals surface area contributed by atoms with Crippen molar-refractivity contribution in [3.05, 3.63) is 0 Å². The van der Waals surface area contributed by atoms with E-state index < -0.39 is 5.79 Å². The van der Waals surface area contributed by atoms with E-state index in [9.17, 15) is 4.79 Å². The van der Waals surface area contributed by atoms with Gasteiger partial charge in [-0.2, -0.15) is 0 Å². The molecule has 0 fully saturated rings. The fraction of sp³-hybridized carbons (Fsp3) is 0.889. The topological polar surface area (TPSA) is 35.5 Å². The van der Waals surface area contributed by atoms with E-state index in [1.54, 1.807) is 6.92 Å². The Hall–Kier alpha value is -0.570. The third kappa shape index (κ3) is 4.34. The molecule has 0 radical (unpaired) electrons. The molecular formula is C9H18O3. The van der Waals surface area contributed by atoms with Crippen molar-refractivity contribution in [2.75, 3.05) is 6.61 Å². The zero-order valence-electron chi connectivity index (χ0n) is 8.13. The number of ether oxygens (including phenoxy) is 2. The first-order chi connectivity index (χ1) is 5.68. The number of carbonyl (C=O) groups excluding carboxylic acids is 1. The number of hydrogen-bond donors (Lipinski definition) is 0. The van der Waals surface area contributed by atoms with Crippen molar-refractivity contribution >= 4 is 6.47 Å². The SMILES string of the molecule is CCCCOC(C)(CC)OC=O. The van der Waals surface area contributed by atoms with Crippen molar-refractivity contribution in [1.82, 2.24) is 0 Å². The van der Waals surface area contributed by atoms with Gasteiger partial charge >= 0.3 is 0 Å². The smallest absolute Gasteiger partial charge is 0.295 e. The molecule has 0 aromatic carbocycles. The Labute approximate surface area is 74.0 Å². The molecule has 0 aromatic heterocycles. The molecule has 1 atom stereocenters. The summed E-state index contributed by atoms with van der Waals surface area (Å²) in [7, 11) is 0. The molecule has 0 aliphatic rings. The molecule has 0 saturated carbocycles. The van der Waals surface area contributed by atoms with Gasteiger partial charge in [0.2, 0.25) is 5.79 Å². The first-order valence-corrected chi connectivity index (χ1v) is 4.44. The molecule has 0 amide bonds. The van der Waals surface area contributed by atoms with Gasteiger partial charge in [-0.15, -0.1) is 0 Å². The lowest BCUT2D eigenvalue weighted by Crippen LogP contribution is -2.31. The van der Waals surface area contributed by atoms with Crippen LogP contribution in [-0.2, 0) is 14.3 Å². The van der Waals surface area contributed by atoms with E-state index in [4.69, 9.17) is 9.47 Å². The number of unbranched alkanes of at least 4 members (excludes halogenated alkanes) is 1. The molecule has 0 saturated heterocycles. The highest BCUT2D eigenvalue weighted by molar-refractivity contribution is 5.37. The zero-order valence-corrected chi connectivity index (χ0v) is 8.13. The quantitative estimate of drug-likeness (QED) is 0.337. The fourth-order valence-electron chi connectivity index (χ4n) is 0.754. The van der Waals surface area contributed by atoms with E-state index in [0.29, 0.717) is 19.5 Å². The molecular weight excluding hydrogens is 156 g/mol. The van der Waals surface area contributed by atoms with Crippen molar-refractivity contribution in [3.8, 4) is 0 Å². The minimum absolute atomic E-state index is 0.440. The van der Waals surface area contributed by atoms with E-state index in [1.165, 1.54) is 0 Å². The molecule has 0 aliphatic carbocycles. The Bertz CT molecular complexity index is 125. The van der Waals surface area contributed by atoms with Gasteiger partial charge in [0.15, 0.2) is 0 Å². The summed E-state index contributed by atoms with van der Waals surface area (Å²) < 4.78 is 10.2.